The molecule has 1 aliphatic rings. The molecule has 1 aliphatic heterocycles. The van der Waals surface area contributed by atoms with Crippen molar-refractivity contribution in [3.05, 3.63) is 11.6 Å². The van der Waals surface area contributed by atoms with Crippen LogP contribution in [0.15, 0.2) is 11.6 Å². The Morgan fingerprint density at radius 3 is 3.00 bits per heavy atom. The summed E-state index contributed by atoms with van der Waals surface area (Å²) in [6.07, 6.45) is 3.66. The molecule has 3 nitrogen and oxygen atoms in total. The topological polar surface area (TPSA) is 38.7 Å². The summed E-state index contributed by atoms with van der Waals surface area (Å²) >= 11 is 0. The molecule has 0 aromatic heterocycles. The van der Waals surface area contributed by atoms with Gasteiger partial charge in [0.05, 0.1) is 12.7 Å². The van der Waals surface area contributed by atoms with Crippen LogP contribution in [0.1, 0.15) is 19.8 Å². The summed E-state index contributed by atoms with van der Waals surface area (Å²) in [6.45, 7) is 2.08. The van der Waals surface area contributed by atoms with E-state index in [0.717, 1.165) is 12.8 Å². The molecule has 1 saturated heterocycles. The van der Waals surface area contributed by atoms with Crippen molar-refractivity contribution in [3.63, 3.8) is 0 Å². The Bertz CT molecular complexity index is 165. The number of aliphatic hydroxyl groups excluding tert-OH is 1. The average Bonchev–Trinajstić information content (AvgIpc) is 2.09. The lowest BCUT2D eigenvalue weighted by Gasteiger charge is -2.29. The van der Waals surface area contributed by atoms with Crippen molar-refractivity contribution in [2.45, 2.75) is 32.2 Å². The van der Waals surface area contributed by atoms with E-state index in [4.69, 9.17) is 14.6 Å². The Morgan fingerprint density at radius 2 is 2.50 bits per heavy atom. The minimum Gasteiger partial charge on any atom is -0.392 e. The molecule has 0 aromatic rings. The first-order valence-electron chi connectivity index (χ1n) is 4.26. The zero-order valence-electron chi connectivity index (χ0n) is 7.62. The molecule has 70 valence electrons. The van der Waals surface area contributed by atoms with Gasteiger partial charge in [0.1, 0.15) is 0 Å². The van der Waals surface area contributed by atoms with Crippen LogP contribution in [-0.2, 0) is 9.47 Å². The van der Waals surface area contributed by atoms with Crippen LogP contribution in [0.5, 0.6) is 0 Å². The predicted molar refractivity (Wildman–Crippen MR) is 45.7 cm³/mol. The molecule has 1 fully saturated rings. The molecule has 0 radical (unpaired) electrons. The first kappa shape index (κ1) is 9.71. The molecule has 0 aromatic carbocycles. The predicted octanol–water partition coefficient (Wildman–Crippen LogP) is 1.08. The Morgan fingerprint density at radius 1 is 1.75 bits per heavy atom. The summed E-state index contributed by atoms with van der Waals surface area (Å²) in [7, 11) is 1.65. The maximum atomic E-state index is 8.70. The Hall–Kier alpha value is -0.380. The molecule has 0 spiro atoms. The molecule has 12 heavy (non-hydrogen) atoms. The maximum absolute atomic E-state index is 8.70. The first-order chi connectivity index (χ1) is 5.77. The van der Waals surface area contributed by atoms with Crippen molar-refractivity contribution in [3.8, 4) is 0 Å². The molecular weight excluding hydrogens is 156 g/mol. The molecule has 2 unspecified atom stereocenters. The number of aliphatic hydroxyl groups is 1. The minimum absolute atomic E-state index is 0.0733. The van der Waals surface area contributed by atoms with Gasteiger partial charge < -0.3 is 14.6 Å². The summed E-state index contributed by atoms with van der Waals surface area (Å²) in [5, 5.41) is 8.70. The van der Waals surface area contributed by atoms with Gasteiger partial charge in [-0.2, -0.15) is 0 Å². The number of hydrogen-bond acceptors (Lipinski definition) is 3. The lowest BCUT2D eigenvalue weighted by atomic mass is 10.0. The third-order valence-electron chi connectivity index (χ3n) is 2.16. The van der Waals surface area contributed by atoms with Crippen molar-refractivity contribution in [1.82, 2.24) is 0 Å². The Kier molecular flexibility index (Phi) is 3.72. The summed E-state index contributed by atoms with van der Waals surface area (Å²) in [5.41, 5.74) is 1.17. The number of methoxy groups -OCH3 is 1. The molecule has 2 atom stereocenters. The third kappa shape index (κ3) is 2.30. The molecule has 1 heterocycles. The zero-order chi connectivity index (χ0) is 8.97. The zero-order valence-corrected chi connectivity index (χ0v) is 7.62. The average molecular weight is 172 g/mol. The summed E-state index contributed by atoms with van der Waals surface area (Å²) in [5.74, 6) is 0. The van der Waals surface area contributed by atoms with Crippen LogP contribution < -0.4 is 0 Å². The normalized spacial score (nSPS) is 34.1. The van der Waals surface area contributed by atoms with E-state index < -0.39 is 0 Å². The molecule has 1 N–H and O–H groups in total. The SMILES string of the molecule is COC1CC/C(=C\CO)C(C)O1. The van der Waals surface area contributed by atoms with E-state index in [1.54, 1.807) is 7.11 Å². The quantitative estimate of drug-likeness (QED) is 0.633. The molecule has 0 aliphatic carbocycles. The monoisotopic (exact) mass is 172 g/mol. The van der Waals surface area contributed by atoms with Gasteiger partial charge in [0.15, 0.2) is 6.29 Å². The Balaban J connectivity index is 2.47. The van der Waals surface area contributed by atoms with E-state index in [2.05, 4.69) is 0 Å². The number of ether oxygens (including phenoxy) is 2. The van der Waals surface area contributed by atoms with Crippen LogP contribution in [0.3, 0.4) is 0 Å². The van der Waals surface area contributed by atoms with Crippen molar-refractivity contribution >= 4 is 0 Å². The van der Waals surface area contributed by atoms with Crippen molar-refractivity contribution in [1.29, 1.82) is 0 Å². The summed E-state index contributed by atoms with van der Waals surface area (Å²) < 4.78 is 10.6. The standard InChI is InChI=1S/C9H16O3/c1-7-8(5-6-10)3-4-9(11-2)12-7/h5,7,9-10H,3-4,6H2,1-2H3/b8-5+. The second-order valence-electron chi connectivity index (χ2n) is 2.94. The third-order valence-corrected chi connectivity index (χ3v) is 2.16. The van der Waals surface area contributed by atoms with E-state index in [0.29, 0.717) is 0 Å². The smallest absolute Gasteiger partial charge is 0.158 e. The Labute approximate surface area is 73.0 Å². The van der Waals surface area contributed by atoms with Gasteiger partial charge in [0.25, 0.3) is 0 Å². The fraction of sp³-hybridized carbons (Fsp3) is 0.778. The highest BCUT2D eigenvalue weighted by Gasteiger charge is 2.22. The van der Waals surface area contributed by atoms with Gasteiger partial charge in [-0.15, -0.1) is 0 Å². The molecule has 3 heteroatoms. The maximum Gasteiger partial charge on any atom is 0.158 e. The van der Waals surface area contributed by atoms with E-state index >= 15 is 0 Å². The van der Waals surface area contributed by atoms with Gasteiger partial charge in [-0.25, -0.2) is 0 Å². The molecule has 0 saturated carbocycles. The second kappa shape index (κ2) is 4.60. The lowest BCUT2D eigenvalue weighted by molar-refractivity contribution is -0.158. The molecular formula is C9H16O3. The van der Waals surface area contributed by atoms with Crippen LogP contribution in [0.4, 0.5) is 0 Å². The second-order valence-corrected chi connectivity index (χ2v) is 2.94. The van der Waals surface area contributed by atoms with Crippen molar-refractivity contribution < 1.29 is 14.6 Å². The fourth-order valence-corrected chi connectivity index (χ4v) is 1.43. The molecule has 0 amide bonds. The lowest BCUT2D eigenvalue weighted by Crippen LogP contribution is -2.28. The van der Waals surface area contributed by atoms with E-state index in [1.807, 2.05) is 13.0 Å². The van der Waals surface area contributed by atoms with Crippen LogP contribution in [0.25, 0.3) is 0 Å². The highest BCUT2D eigenvalue weighted by Crippen LogP contribution is 2.23. The van der Waals surface area contributed by atoms with E-state index in [-0.39, 0.29) is 19.0 Å². The largest absolute Gasteiger partial charge is 0.392 e. The van der Waals surface area contributed by atoms with Crippen LogP contribution >= 0.6 is 0 Å². The van der Waals surface area contributed by atoms with Gasteiger partial charge in [0, 0.05) is 13.5 Å². The van der Waals surface area contributed by atoms with Gasteiger partial charge in [-0.3, -0.25) is 0 Å². The minimum atomic E-state index is -0.0733. The summed E-state index contributed by atoms with van der Waals surface area (Å²) in [4.78, 5) is 0. The first-order valence-corrected chi connectivity index (χ1v) is 4.26. The van der Waals surface area contributed by atoms with Crippen LogP contribution in [-0.4, -0.2) is 31.2 Å². The summed E-state index contributed by atoms with van der Waals surface area (Å²) in [6, 6.07) is 0. The van der Waals surface area contributed by atoms with Crippen molar-refractivity contribution in [2.24, 2.45) is 0 Å². The number of rotatable bonds is 2. The van der Waals surface area contributed by atoms with E-state index in [9.17, 15) is 0 Å². The highest BCUT2D eigenvalue weighted by atomic mass is 16.7. The van der Waals surface area contributed by atoms with Crippen LogP contribution in [0.2, 0.25) is 0 Å². The number of hydrogen-bond donors (Lipinski definition) is 1. The van der Waals surface area contributed by atoms with Crippen LogP contribution in [0, 0.1) is 0 Å². The van der Waals surface area contributed by atoms with E-state index in [1.165, 1.54) is 5.57 Å². The van der Waals surface area contributed by atoms with Crippen molar-refractivity contribution in [2.75, 3.05) is 13.7 Å². The van der Waals surface area contributed by atoms with Gasteiger partial charge in [-0.05, 0) is 18.9 Å². The molecule has 1 rings (SSSR count). The van der Waals surface area contributed by atoms with Gasteiger partial charge >= 0.3 is 0 Å². The highest BCUT2D eigenvalue weighted by molar-refractivity contribution is 5.09. The van der Waals surface area contributed by atoms with Gasteiger partial charge in [-0.1, -0.05) is 6.08 Å². The fourth-order valence-electron chi connectivity index (χ4n) is 1.43. The van der Waals surface area contributed by atoms with Gasteiger partial charge in [0.2, 0.25) is 0 Å². The molecule has 0 bridgehead atoms.